The van der Waals surface area contributed by atoms with Crippen LogP contribution in [0, 0.1) is 0 Å². The Morgan fingerprint density at radius 3 is 2.06 bits per heavy atom. The van der Waals surface area contributed by atoms with Crippen molar-refractivity contribution < 1.29 is 0 Å². The second-order valence-electron chi connectivity index (χ2n) is 6.52. The van der Waals surface area contributed by atoms with Crippen LogP contribution < -0.4 is 5.32 Å². The molecule has 0 rings (SSSR count). The maximum Gasteiger partial charge on any atom is 0.0195 e. The number of hydrogen-bond acceptors (Lipinski definition) is 2. The van der Waals surface area contributed by atoms with Crippen LogP contribution in [0.25, 0.3) is 0 Å². The highest BCUT2D eigenvalue weighted by molar-refractivity contribution is 4.78. The lowest BCUT2D eigenvalue weighted by atomic mass is 10.1. The van der Waals surface area contributed by atoms with Gasteiger partial charge in [-0.2, -0.15) is 0 Å². The first-order valence-electron chi connectivity index (χ1n) is 7.28. The molecule has 2 heteroatoms. The Kier molecular flexibility index (Phi) is 8.06. The quantitative estimate of drug-likeness (QED) is 0.653. The minimum absolute atomic E-state index is 0.223. The first-order chi connectivity index (χ1) is 7.78. The van der Waals surface area contributed by atoms with Crippen molar-refractivity contribution in [2.45, 2.75) is 85.4 Å². The topological polar surface area (TPSA) is 15.3 Å². The summed E-state index contributed by atoms with van der Waals surface area (Å²) in [6.07, 6.45) is 3.98. The van der Waals surface area contributed by atoms with Crippen molar-refractivity contribution in [1.82, 2.24) is 10.2 Å². The molecular formula is C15H34N2. The van der Waals surface area contributed by atoms with Crippen LogP contribution >= 0.6 is 0 Å². The Labute approximate surface area is 109 Å². The summed E-state index contributed by atoms with van der Waals surface area (Å²) in [6, 6.07) is 1.26. The zero-order valence-corrected chi connectivity index (χ0v) is 13.1. The molecule has 0 bridgehead atoms. The van der Waals surface area contributed by atoms with E-state index >= 15 is 0 Å². The largest absolute Gasteiger partial charge is 0.311 e. The summed E-state index contributed by atoms with van der Waals surface area (Å²) in [4.78, 5) is 2.62. The van der Waals surface area contributed by atoms with E-state index in [-0.39, 0.29) is 5.54 Å². The maximum absolute atomic E-state index is 3.61. The van der Waals surface area contributed by atoms with Gasteiger partial charge in [-0.05, 0) is 54.5 Å². The van der Waals surface area contributed by atoms with Gasteiger partial charge in [0, 0.05) is 24.2 Å². The predicted octanol–water partition coefficient (Wildman–Crippen LogP) is 3.66. The van der Waals surface area contributed by atoms with Crippen LogP contribution in [0.15, 0.2) is 0 Å². The molecule has 1 unspecified atom stereocenters. The second kappa shape index (κ2) is 8.10. The van der Waals surface area contributed by atoms with Gasteiger partial charge < -0.3 is 5.32 Å². The smallest absolute Gasteiger partial charge is 0.0195 e. The van der Waals surface area contributed by atoms with Gasteiger partial charge in [-0.1, -0.05) is 19.8 Å². The van der Waals surface area contributed by atoms with Crippen LogP contribution in [0.3, 0.4) is 0 Å². The van der Waals surface area contributed by atoms with Crippen LogP contribution in [0.1, 0.15) is 67.7 Å². The zero-order valence-electron chi connectivity index (χ0n) is 13.1. The lowest BCUT2D eigenvalue weighted by molar-refractivity contribution is 0.151. The highest BCUT2D eigenvalue weighted by atomic mass is 15.2. The fourth-order valence-electron chi connectivity index (χ4n) is 2.10. The van der Waals surface area contributed by atoms with Crippen molar-refractivity contribution in [3.8, 4) is 0 Å². The molecule has 2 nitrogen and oxygen atoms in total. The van der Waals surface area contributed by atoms with Gasteiger partial charge in [-0.15, -0.1) is 0 Å². The van der Waals surface area contributed by atoms with Gasteiger partial charge in [-0.3, -0.25) is 4.90 Å². The van der Waals surface area contributed by atoms with E-state index in [0.29, 0.717) is 12.1 Å². The first-order valence-corrected chi connectivity index (χ1v) is 7.28. The van der Waals surface area contributed by atoms with E-state index in [1.165, 1.54) is 25.8 Å². The van der Waals surface area contributed by atoms with Crippen LogP contribution in [-0.2, 0) is 0 Å². The Hall–Kier alpha value is -0.0800. The number of unbranched alkanes of at least 4 members (excludes halogenated alkanes) is 2. The summed E-state index contributed by atoms with van der Waals surface area (Å²) in [5.41, 5.74) is 0.223. The van der Waals surface area contributed by atoms with E-state index in [4.69, 9.17) is 0 Å². The molecule has 0 aliphatic carbocycles. The fraction of sp³-hybridized carbons (Fsp3) is 1.00. The van der Waals surface area contributed by atoms with Gasteiger partial charge in [0.2, 0.25) is 0 Å². The third-order valence-electron chi connectivity index (χ3n) is 3.18. The molecule has 0 saturated heterocycles. The lowest BCUT2D eigenvalue weighted by Crippen LogP contribution is -2.48. The number of hydrogen-bond donors (Lipinski definition) is 1. The van der Waals surface area contributed by atoms with Crippen LogP contribution in [0.2, 0.25) is 0 Å². The predicted molar refractivity (Wildman–Crippen MR) is 78.6 cm³/mol. The molecule has 0 aromatic rings. The van der Waals surface area contributed by atoms with E-state index in [9.17, 15) is 0 Å². The summed E-state index contributed by atoms with van der Waals surface area (Å²) in [6.45, 7) is 18.2. The Morgan fingerprint density at radius 1 is 1.06 bits per heavy atom. The van der Waals surface area contributed by atoms with Gasteiger partial charge in [0.25, 0.3) is 0 Å². The molecule has 0 radical (unpaired) electrons. The molecule has 1 atom stereocenters. The van der Waals surface area contributed by atoms with Crippen LogP contribution in [0.5, 0.6) is 0 Å². The number of nitrogens with zero attached hydrogens (tertiary/aromatic N) is 1. The van der Waals surface area contributed by atoms with E-state index in [2.05, 4.69) is 58.7 Å². The molecule has 1 N–H and O–H groups in total. The minimum atomic E-state index is 0.223. The molecule has 0 heterocycles. The van der Waals surface area contributed by atoms with Crippen molar-refractivity contribution >= 4 is 0 Å². The molecule has 0 aromatic carbocycles. The number of rotatable bonds is 8. The third-order valence-corrected chi connectivity index (χ3v) is 3.18. The Morgan fingerprint density at radius 2 is 1.65 bits per heavy atom. The Bertz CT molecular complexity index is 182. The van der Waals surface area contributed by atoms with Gasteiger partial charge in [0.05, 0.1) is 0 Å². The zero-order chi connectivity index (χ0) is 13.5. The molecule has 0 fully saturated rings. The van der Waals surface area contributed by atoms with Crippen LogP contribution in [0.4, 0.5) is 0 Å². The average molecular weight is 242 g/mol. The fourth-order valence-corrected chi connectivity index (χ4v) is 2.10. The van der Waals surface area contributed by atoms with E-state index in [1.54, 1.807) is 0 Å². The second-order valence-corrected chi connectivity index (χ2v) is 6.52. The SMILES string of the molecule is CCCCCN(C(C)C)C(C)CNC(C)(C)C. The molecule has 104 valence electrons. The number of nitrogens with one attached hydrogen (secondary N) is 1. The third kappa shape index (κ3) is 8.62. The normalized spacial score (nSPS) is 14.6. The highest BCUT2D eigenvalue weighted by Crippen LogP contribution is 2.09. The standard InChI is InChI=1S/C15H34N2/c1-8-9-10-11-17(13(2)3)14(4)12-16-15(5,6)7/h13-14,16H,8-12H2,1-7H3. The van der Waals surface area contributed by atoms with Crippen molar-refractivity contribution in [1.29, 1.82) is 0 Å². The average Bonchev–Trinajstić information content (AvgIpc) is 2.19. The van der Waals surface area contributed by atoms with E-state index in [0.717, 1.165) is 6.54 Å². The molecule has 0 saturated carbocycles. The first kappa shape index (κ1) is 16.9. The van der Waals surface area contributed by atoms with Gasteiger partial charge >= 0.3 is 0 Å². The minimum Gasteiger partial charge on any atom is -0.311 e. The molecule has 0 spiro atoms. The summed E-state index contributed by atoms with van der Waals surface area (Å²) >= 11 is 0. The summed E-state index contributed by atoms with van der Waals surface area (Å²) in [5, 5.41) is 3.61. The Balaban J connectivity index is 4.10. The molecular weight excluding hydrogens is 208 g/mol. The molecule has 17 heavy (non-hydrogen) atoms. The summed E-state index contributed by atoms with van der Waals surface area (Å²) < 4.78 is 0. The monoisotopic (exact) mass is 242 g/mol. The van der Waals surface area contributed by atoms with Crippen molar-refractivity contribution in [2.24, 2.45) is 0 Å². The molecule has 0 aromatic heterocycles. The lowest BCUT2D eigenvalue weighted by Gasteiger charge is -2.35. The molecule has 0 aliphatic rings. The van der Waals surface area contributed by atoms with E-state index < -0.39 is 0 Å². The summed E-state index contributed by atoms with van der Waals surface area (Å²) in [5.74, 6) is 0. The van der Waals surface area contributed by atoms with Gasteiger partial charge in [0.15, 0.2) is 0 Å². The van der Waals surface area contributed by atoms with Crippen molar-refractivity contribution in [3.05, 3.63) is 0 Å². The maximum atomic E-state index is 3.61. The molecule has 0 amide bonds. The van der Waals surface area contributed by atoms with E-state index in [1.807, 2.05) is 0 Å². The van der Waals surface area contributed by atoms with Gasteiger partial charge in [-0.25, -0.2) is 0 Å². The van der Waals surface area contributed by atoms with Crippen molar-refractivity contribution in [3.63, 3.8) is 0 Å². The summed E-state index contributed by atoms with van der Waals surface area (Å²) in [7, 11) is 0. The highest BCUT2D eigenvalue weighted by Gasteiger charge is 2.18. The molecule has 0 aliphatic heterocycles. The van der Waals surface area contributed by atoms with Crippen molar-refractivity contribution in [2.75, 3.05) is 13.1 Å². The van der Waals surface area contributed by atoms with Crippen LogP contribution in [-0.4, -0.2) is 35.6 Å². The van der Waals surface area contributed by atoms with Gasteiger partial charge in [0.1, 0.15) is 0 Å².